The van der Waals surface area contributed by atoms with E-state index in [0.29, 0.717) is 0 Å². The number of nitrogens with one attached hydrogen (secondary N) is 1. The van der Waals surface area contributed by atoms with Gasteiger partial charge in [0.2, 0.25) is 10.0 Å². The number of sulfonamides is 1. The van der Waals surface area contributed by atoms with Crippen molar-refractivity contribution in [1.82, 2.24) is 9.62 Å². The summed E-state index contributed by atoms with van der Waals surface area (Å²) in [6.07, 6.45) is 1.48. The normalized spacial score (nSPS) is 17.3. The van der Waals surface area contributed by atoms with Gasteiger partial charge in [0.05, 0.1) is 9.82 Å². The van der Waals surface area contributed by atoms with E-state index in [9.17, 15) is 18.5 Å². The van der Waals surface area contributed by atoms with Crippen molar-refractivity contribution in [2.75, 3.05) is 20.1 Å². The second-order valence-corrected chi connectivity index (χ2v) is 6.75. The summed E-state index contributed by atoms with van der Waals surface area (Å²) in [6.45, 7) is 1.55. The molecule has 0 spiro atoms. The molecule has 1 aromatic carbocycles. The highest BCUT2D eigenvalue weighted by atomic mass is 32.2. The van der Waals surface area contributed by atoms with Gasteiger partial charge >= 0.3 is 0 Å². The van der Waals surface area contributed by atoms with Gasteiger partial charge in [-0.05, 0) is 32.0 Å². The SMILES string of the molecule is CN(C1CCNCC1)S(=O)(=O)c1cccc([N+](=O)[O-])c1. The maximum atomic E-state index is 12.5. The number of non-ortho nitro benzene ring substituents is 1. The number of nitro benzene ring substituents is 1. The first kappa shape index (κ1) is 14.9. The van der Waals surface area contributed by atoms with Crippen LogP contribution in [-0.4, -0.2) is 43.8 Å². The standard InChI is InChI=1S/C12H17N3O4S/c1-14(10-5-7-13-8-6-10)20(18,19)12-4-2-3-11(9-12)15(16)17/h2-4,9-10,13H,5-8H2,1H3. The molecule has 1 aliphatic rings. The van der Waals surface area contributed by atoms with Gasteiger partial charge in [-0.1, -0.05) is 6.07 Å². The molecule has 1 saturated heterocycles. The third kappa shape index (κ3) is 2.97. The fraction of sp³-hybridized carbons (Fsp3) is 0.500. The lowest BCUT2D eigenvalue weighted by Crippen LogP contribution is -2.43. The summed E-state index contributed by atoms with van der Waals surface area (Å²) in [4.78, 5) is 10.1. The second-order valence-electron chi connectivity index (χ2n) is 4.76. The molecule has 1 N–H and O–H groups in total. The van der Waals surface area contributed by atoms with Crippen LogP contribution in [0, 0.1) is 10.1 Å². The number of nitro groups is 1. The molecular weight excluding hydrogens is 282 g/mol. The van der Waals surface area contributed by atoms with Crippen LogP contribution in [0.1, 0.15) is 12.8 Å². The molecule has 7 nitrogen and oxygen atoms in total. The van der Waals surface area contributed by atoms with E-state index in [1.807, 2.05) is 0 Å². The first-order chi connectivity index (χ1) is 9.43. The first-order valence-electron chi connectivity index (χ1n) is 6.36. The van der Waals surface area contributed by atoms with Crippen molar-refractivity contribution < 1.29 is 13.3 Å². The zero-order chi connectivity index (χ0) is 14.8. The summed E-state index contributed by atoms with van der Waals surface area (Å²) >= 11 is 0. The van der Waals surface area contributed by atoms with Gasteiger partial charge in [0, 0.05) is 25.2 Å². The lowest BCUT2D eigenvalue weighted by atomic mass is 10.1. The molecule has 0 radical (unpaired) electrons. The van der Waals surface area contributed by atoms with Crippen LogP contribution in [0.2, 0.25) is 0 Å². The molecule has 8 heteroatoms. The van der Waals surface area contributed by atoms with E-state index in [2.05, 4.69) is 5.32 Å². The van der Waals surface area contributed by atoms with Crippen molar-refractivity contribution in [2.45, 2.75) is 23.8 Å². The van der Waals surface area contributed by atoms with Crippen molar-refractivity contribution >= 4 is 15.7 Å². The Morgan fingerprint density at radius 1 is 1.35 bits per heavy atom. The van der Waals surface area contributed by atoms with Crippen molar-refractivity contribution in [3.63, 3.8) is 0 Å². The molecule has 20 heavy (non-hydrogen) atoms. The molecule has 1 aromatic rings. The van der Waals surface area contributed by atoms with Crippen molar-refractivity contribution in [3.05, 3.63) is 34.4 Å². The van der Waals surface area contributed by atoms with Gasteiger partial charge in [0.15, 0.2) is 0 Å². The number of benzene rings is 1. The van der Waals surface area contributed by atoms with E-state index in [1.54, 1.807) is 0 Å². The van der Waals surface area contributed by atoms with Crippen LogP contribution in [-0.2, 0) is 10.0 Å². The third-order valence-electron chi connectivity index (χ3n) is 3.53. The summed E-state index contributed by atoms with van der Waals surface area (Å²) in [7, 11) is -2.16. The average molecular weight is 299 g/mol. The molecule has 1 heterocycles. The van der Waals surface area contributed by atoms with Gasteiger partial charge in [0.25, 0.3) is 5.69 Å². The fourth-order valence-corrected chi connectivity index (χ4v) is 3.75. The van der Waals surface area contributed by atoms with E-state index < -0.39 is 14.9 Å². The van der Waals surface area contributed by atoms with Crippen LogP contribution in [0.3, 0.4) is 0 Å². The number of rotatable bonds is 4. The lowest BCUT2D eigenvalue weighted by Gasteiger charge is -2.30. The largest absolute Gasteiger partial charge is 0.317 e. The number of piperidine rings is 1. The van der Waals surface area contributed by atoms with Crippen molar-refractivity contribution in [2.24, 2.45) is 0 Å². The minimum absolute atomic E-state index is 0.0345. The van der Waals surface area contributed by atoms with Gasteiger partial charge in [0.1, 0.15) is 0 Å². The molecule has 2 rings (SSSR count). The predicted molar refractivity (Wildman–Crippen MR) is 73.9 cm³/mol. The highest BCUT2D eigenvalue weighted by Crippen LogP contribution is 2.23. The van der Waals surface area contributed by atoms with Gasteiger partial charge in [-0.3, -0.25) is 10.1 Å². The van der Waals surface area contributed by atoms with Crippen LogP contribution >= 0.6 is 0 Å². The molecule has 0 saturated carbocycles. The Kier molecular flexibility index (Phi) is 4.36. The first-order valence-corrected chi connectivity index (χ1v) is 7.80. The number of nitrogens with zero attached hydrogens (tertiary/aromatic N) is 2. The molecule has 0 unspecified atom stereocenters. The van der Waals surface area contributed by atoms with E-state index in [-0.39, 0.29) is 16.6 Å². The third-order valence-corrected chi connectivity index (χ3v) is 5.43. The van der Waals surface area contributed by atoms with Crippen LogP contribution in [0.4, 0.5) is 5.69 Å². The molecule has 1 fully saturated rings. The molecule has 0 amide bonds. The smallest absolute Gasteiger partial charge is 0.270 e. The maximum absolute atomic E-state index is 12.5. The van der Waals surface area contributed by atoms with Gasteiger partial charge in [-0.2, -0.15) is 4.31 Å². The van der Waals surface area contributed by atoms with Gasteiger partial charge in [-0.25, -0.2) is 8.42 Å². The molecule has 110 valence electrons. The Balaban J connectivity index is 2.29. The van der Waals surface area contributed by atoms with Crippen LogP contribution in [0.15, 0.2) is 29.2 Å². The highest BCUT2D eigenvalue weighted by Gasteiger charge is 2.29. The summed E-state index contributed by atoms with van der Waals surface area (Å²) in [5.41, 5.74) is -0.218. The van der Waals surface area contributed by atoms with Gasteiger partial charge < -0.3 is 5.32 Å². The summed E-state index contributed by atoms with van der Waals surface area (Å²) in [5.74, 6) is 0. The maximum Gasteiger partial charge on any atom is 0.270 e. The number of hydrogen-bond acceptors (Lipinski definition) is 5. The van der Waals surface area contributed by atoms with Crippen molar-refractivity contribution in [3.8, 4) is 0 Å². The second kappa shape index (κ2) is 5.86. The molecule has 1 aliphatic heterocycles. The van der Waals surface area contributed by atoms with E-state index in [1.165, 1.54) is 29.6 Å². The molecular formula is C12H17N3O4S. The van der Waals surface area contributed by atoms with E-state index in [0.717, 1.165) is 32.0 Å². The van der Waals surface area contributed by atoms with Crippen LogP contribution in [0.25, 0.3) is 0 Å². The van der Waals surface area contributed by atoms with Crippen LogP contribution < -0.4 is 5.32 Å². The Morgan fingerprint density at radius 3 is 2.60 bits per heavy atom. The Hall–Kier alpha value is -1.51. The monoisotopic (exact) mass is 299 g/mol. The number of hydrogen-bond donors (Lipinski definition) is 1. The minimum atomic E-state index is -3.69. The Bertz CT molecular complexity index is 596. The predicted octanol–water partition coefficient (Wildman–Crippen LogP) is 0.967. The Morgan fingerprint density at radius 2 is 2.00 bits per heavy atom. The topological polar surface area (TPSA) is 92.6 Å². The van der Waals surface area contributed by atoms with E-state index in [4.69, 9.17) is 0 Å². The Labute approximate surface area is 117 Å². The zero-order valence-electron chi connectivity index (χ0n) is 11.2. The molecule has 0 aliphatic carbocycles. The van der Waals surface area contributed by atoms with Crippen molar-refractivity contribution in [1.29, 1.82) is 0 Å². The summed E-state index contributed by atoms with van der Waals surface area (Å²) in [6, 6.07) is 5.10. The zero-order valence-corrected chi connectivity index (χ0v) is 12.0. The lowest BCUT2D eigenvalue weighted by molar-refractivity contribution is -0.385. The summed E-state index contributed by atoms with van der Waals surface area (Å²) in [5, 5.41) is 13.9. The van der Waals surface area contributed by atoms with Gasteiger partial charge in [-0.15, -0.1) is 0 Å². The molecule has 0 bridgehead atoms. The molecule has 0 atom stereocenters. The fourth-order valence-electron chi connectivity index (χ4n) is 2.29. The van der Waals surface area contributed by atoms with Crippen LogP contribution in [0.5, 0.6) is 0 Å². The summed E-state index contributed by atoms with van der Waals surface area (Å²) < 4.78 is 26.3. The quantitative estimate of drug-likeness (QED) is 0.660. The average Bonchev–Trinajstić information content (AvgIpc) is 2.47. The molecule has 0 aromatic heterocycles. The highest BCUT2D eigenvalue weighted by molar-refractivity contribution is 7.89. The minimum Gasteiger partial charge on any atom is -0.317 e. The van der Waals surface area contributed by atoms with E-state index >= 15 is 0 Å².